The summed E-state index contributed by atoms with van der Waals surface area (Å²) in [5.41, 5.74) is 0.980. The molecule has 0 bridgehead atoms. The molecule has 0 spiro atoms. The lowest BCUT2D eigenvalue weighted by molar-refractivity contribution is -0.121. The van der Waals surface area contributed by atoms with Gasteiger partial charge in [-0.2, -0.15) is 0 Å². The highest BCUT2D eigenvalue weighted by molar-refractivity contribution is 5.83. The minimum absolute atomic E-state index is 0.132. The van der Waals surface area contributed by atoms with Gasteiger partial charge in [0, 0.05) is 18.7 Å². The molecule has 1 aliphatic carbocycles. The summed E-state index contributed by atoms with van der Waals surface area (Å²) in [5, 5.41) is 12.2. The molecule has 1 fully saturated rings. The molecule has 1 N–H and O–H groups in total. The van der Waals surface area contributed by atoms with E-state index < -0.39 is 5.60 Å². The molecule has 1 aromatic carbocycles. The highest BCUT2D eigenvalue weighted by atomic mass is 16.5. The number of aliphatic hydroxyl groups is 1. The summed E-state index contributed by atoms with van der Waals surface area (Å²) in [6.07, 6.45) is 5.46. The van der Waals surface area contributed by atoms with Crippen molar-refractivity contribution in [2.75, 3.05) is 7.11 Å². The maximum Gasteiger partial charge on any atom is 0.116 e. The fourth-order valence-electron chi connectivity index (χ4n) is 3.23. The molecule has 2 atom stereocenters. The molecule has 100 valence electrons. The van der Waals surface area contributed by atoms with Crippen LogP contribution < -0.4 is 0 Å². The molecule has 3 heteroatoms. The van der Waals surface area contributed by atoms with E-state index in [2.05, 4.69) is 4.98 Å². The van der Waals surface area contributed by atoms with Gasteiger partial charge >= 0.3 is 0 Å². The molecule has 3 rings (SSSR count). The second-order valence-corrected chi connectivity index (χ2v) is 5.27. The monoisotopic (exact) mass is 257 g/mol. The summed E-state index contributed by atoms with van der Waals surface area (Å²) in [4.78, 5) is 4.37. The number of fused-ring (bicyclic) bond motifs is 1. The van der Waals surface area contributed by atoms with Gasteiger partial charge in [0.15, 0.2) is 0 Å². The Morgan fingerprint density at radius 2 is 2.16 bits per heavy atom. The first-order chi connectivity index (χ1) is 9.25. The summed E-state index contributed by atoms with van der Waals surface area (Å²) in [5.74, 6) is 0. The minimum Gasteiger partial charge on any atom is -0.382 e. The third-order valence-corrected chi connectivity index (χ3v) is 4.20. The van der Waals surface area contributed by atoms with Crippen LogP contribution in [0.3, 0.4) is 0 Å². The van der Waals surface area contributed by atoms with Crippen molar-refractivity contribution in [3.05, 3.63) is 42.1 Å². The number of aromatic nitrogens is 1. The summed E-state index contributed by atoms with van der Waals surface area (Å²) < 4.78 is 5.54. The Kier molecular flexibility index (Phi) is 3.25. The first-order valence-electron chi connectivity index (χ1n) is 6.85. The van der Waals surface area contributed by atoms with Crippen LogP contribution in [0.2, 0.25) is 0 Å². The Labute approximate surface area is 113 Å². The molecule has 0 amide bonds. The predicted octanol–water partition coefficient (Wildman–Crippen LogP) is 3.01. The van der Waals surface area contributed by atoms with Gasteiger partial charge in [-0.15, -0.1) is 0 Å². The van der Waals surface area contributed by atoms with Crippen molar-refractivity contribution < 1.29 is 9.84 Å². The van der Waals surface area contributed by atoms with Crippen LogP contribution in [0.15, 0.2) is 36.5 Å². The zero-order valence-electron chi connectivity index (χ0n) is 11.2. The largest absolute Gasteiger partial charge is 0.382 e. The molecule has 0 aliphatic heterocycles. The van der Waals surface area contributed by atoms with Crippen LogP contribution in [0.1, 0.15) is 31.2 Å². The van der Waals surface area contributed by atoms with Gasteiger partial charge in [0.2, 0.25) is 0 Å². The molecule has 0 radical (unpaired) electrons. The van der Waals surface area contributed by atoms with Gasteiger partial charge < -0.3 is 9.84 Å². The van der Waals surface area contributed by atoms with Crippen LogP contribution in [0.25, 0.3) is 10.9 Å². The lowest BCUT2D eigenvalue weighted by atomic mass is 9.76. The molecular weight excluding hydrogens is 238 g/mol. The van der Waals surface area contributed by atoms with Crippen molar-refractivity contribution in [1.82, 2.24) is 4.98 Å². The number of hydrogen-bond donors (Lipinski definition) is 1. The Morgan fingerprint density at radius 1 is 1.26 bits per heavy atom. The first-order valence-corrected chi connectivity index (χ1v) is 6.85. The first kappa shape index (κ1) is 12.6. The number of hydrogen-bond acceptors (Lipinski definition) is 3. The van der Waals surface area contributed by atoms with Crippen LogP contribution in [0, 0.1) is 0 Å². The molecule has 2 unspecified atom stereocenters. The molecule has 1 aliphatic rings. The molecule has 19 heavy (non-hydrogen) atoms. The van der Waals surface area contributed by atoms with Gasteiger partial charge in [-0.3, -0.25) is 4.98 Å². The van der Waals surface area contributed by atoms with Crippen LogP contribution in [0.5, 0.6) is 0 Å². The number of pyridine rings is 1. The van der Waals surface area contributed by atoms with E-state index in [1.165, 1.54) is 0 Å². The van der Waals surface area contributed by atoms with Crippen LogP contribution in [-0.4, -0.2) is 23.3 Å². The summed E-state index contributed by atoms with van der Waals surface area (Å²) >= 11 is 0. The lowest BCUT2D eigenvalue weighted by Gasteiger charge is -2.40. The molecule has 1 aromatic heterocycles. The maximum atomic E-state index is 11.1. The number of nitrogens with zero attached hydrogens (tertiary/aromatic N) is 1. The van der Waals surface area contributed by atoms with Gasteiger partial charge in [0.05, 0.1) is 11.6 Å². The van der Waals surface area contributed by atoms with Crippen molar-refractivity contribution in [2.45, 2.75) is 37.4 Å². The number of rotatable bonds is 2. The fraction of sp³-hybridized carbons (Fsp3) is 0.438. The minimum atomic E-state index is -0.893. The average molecular weight is 257 g/mol. The molecular formula is C16H19NO2. The third-order valence-electron chi connectivity index (χ3n) is 4.20. The summed E-state index contributed by atoms with van der Waals surface area (Å²) in [6.45, 7) is 0. The van der Waals surface area contributed by atoms with Gasteiger partial charge in [-0.05, 0) is 30.5 Å². The predicted molar refractivity (Wildman–Crippen MR) is 74.9 cm³/mol. The zero-order valence-corrected chi connectivity index (χ0v) is 11.2. The Morgan fingerprint density at radius 3 is 3.00 bits per heavy atom. The quantitative estimate of drug-likeness (QED) is 0.899. The van der Waals surface area contributed by atoms with Crippen LogP contribution in [-0.2, 0) is 10.3 Å². The van der Waals surface area contributed by atoms with E-state index in [1.807, 2.05) is 30.3 Å². The van der Waals surface area contributed by atoms with E-state index in [0.29, 0.717) is 0 Å². The number of ether oxygens (including phenoxy) is 1. The molecule has 1 saturated carbocycles. The third kappa shape index (κ3) is 2.03. The molecule has 0 saturated heterocycles. The molecule has 2 aromatic rings. The van der Waals surface area contributed by atoms with E-state index in [-0.39, 0.29) is 6.10 Å². The van der Waals surface area contributed by atoms with E-state index in [0.717, 1.165) is 42.1 Å². The van der Waals surface area contributed by atoms with E-state index >= 15 is 0 Å². The standard InChI is InChI=1S/C16H19NO2/c1-19-15-9-2-3-10-16(15,18)13-7-4-8-14-12(13)6-5-11-17-14/h4-8,11,15,18H,2-3,9-10H2,1H3. The lowest BCUT2D eigenvalue weighted by Crippen LogP contribution is -2.43. The summed E-state index contributed by atoms with van der Waals surface area (Å²) in [6, 6.07) is 9.88. The zero-order chi connectivity index (χ0) is 13.3. The van der Waals surface area contributed by atoms with Crippen molar-refractivity contribution >= 4 is 10.9 Å². The summed E-state index contributed by atoms with van der Waals surface area (Å²) in [7, 11) is 1.68. The molecule has 1 heterocycles. The number of methoxy groups -OCH3 is 1. The van der Waals surface area contributed by atoms with Crippen LogP contribution in [0.4, 0.5) is 0 Å². The Balaban J connectivity index is 2.16. The highest BCUT2D eigenvalue weighted by Gasteiger charge is 2.41. The second kappa shape index (κ2) is 4.91. The van der Waals surface area contributed by atoms with Gasteiger partial charge in [-0.1, -0.05) is 31.0 Å². The SMILES string of the molecule is COC1CCCCC1(O)c1cccc2ncccc12. The normalized spacial score (nSPS) is 27.6. The van der Waals surface area contributed by atoms with Gasteiger partial charge in [0.25, 0.3) is 0 Å². The van der Waals surface area contributed by atoms with E-state index in [1.54, 1.807) is 13.3 Å². The average Bonchev–Trinajstić information content (AvgIpc) is 2.47. The van der Waals surface area contributed by atoms with Crippen LogP contribution >= 0.6 is 0 Å². The molecule has 3 nitrogen and oxygen atoms in total. The maximum absolute atomic E-state index is 11.1. The van der Waals surface area contributed by atoms with Gasteiger partial charge in [0.1, 0.15) is 5.60 Å². The van der Waals surface area contributed by atoms with E-state index in [4.69, 9.17) is 4.74 Å². The smallest absolute Gasteiger partial charge is 0.116 e. The second-order valence-electron chi connectivity index (χ2n) is 5.27. The van der Waals surface area contributed by atoms with Gasteiger partial charge in [-0.25, -0.2) is 0 Å². The van der Waals surface area contributed by atoms with Crippen molar-refractivity contribution in [3.8, 4) is 0 Å². The van der Waals surface area contributed by atoms with E-state index in [9.17, 15) is 5.11 Å². The topological polar surface area (TPSA) is 42.4 Å². The van der Waals surface area contributed by atoms with Crippen molar-refractivity contribution in [2.24, 2.45) is 0 Å². The number of benzene rings is 1. The van der Waals surface area contributed by atoms with Crippen molar-refractivity contribution in [3.63, 3.8) is 0 Å². The highest BCUT2D eigenvalue weighted by Crippen LogP contribution is 2.41. The Hall–Kier alpha value is -1.45. The fourth-order valence-corrected chi connectivity index (χ4v) is 3.23. The van der Waals surface area contributed by atoms with Crippen molar-refractivity contribution in [1.29, 1.82) is 0 Å². The Bertz CT molecular complexity index is 578.